The molecule has 1 fully saturated rings. The number of aromatic nitrogens is 2. The molecule has 1 aliphatic rings. The third-order valence-electron chi connectivity index (χ3n) is 4.52. The molecule has 0 aliphatic heterocycles. The molecule has 1 saturated carbocycles. The second-order valence-corrected chi connectivity index (χ2v) is 6.57. The van der Waals surface area contributed by atoms with Crippen LogP contribution in [0, 0.1) is 5.92 Å². The topological polar surface area (TPSA) is 63.6 Å². The normalized spacial score (nSPS) is 22.4. The zero-order valence-corrected chi connectivity index (χ0v) is 13.2. The summed E-state index contributed by atoms with van der Waals surface area (Å²) in [5, 5.41) is 1.90. The number of hydrogen-bond donors (Lipinski definition) is 1. The third kappa shape index (κ3) is 2.88. The van der Waals surface area contributed by atoms with Crippen molar-refractivity contribution in [3.05, 3.63) is 33.7 Å². The molecule has 0 aromatic carbocycles. The summed E-state index contributed by atoms with van der Waals surface area (Å²) in [6.45, 7) is 4.62. The molecular weight excluding hydrogens is 284 g/mol. The van der Waals surface area contributed by atoms with Gasteiger partial charge in [0.1, 0.15) is 0 Å². The van der Waals surface area contributed by atoms with Crippen molar-refractivity contribution in [2.45, 2.75) is 38.8 Å². The highest BCUT2D eigenvalue weighted by atomic mass is 32.1. The van der Waals surface area contributed by atoms with E-state index < -0.39 is 0 Å². The van der Waals surface area contributed by atoms with Gasteiger partial charge in [-0.05, 0) is 31.8 Å². The average molecular weight is 306 g/mol. The zero-order valence-electron chi connectivity index (χ0n) is 12.4. The van der Waals surface area contributed by atoms with E-state index in [1.807, 2.05) is 5.38 Å². The summed E-state index contributed by atoms with van der Waals surface area (Å²) in [5.41, 5.74) is 6.78. The minimum Gasteiger partial charge on any atom is -0.330 e. The second-order valence-electron chi connectivity index (χ2n) is 5.70. The lowest BCUT2D eigenvalue weighted by Crippen LogP contribution is -2.40. The predicted molar refractivity (Wildman–Crippen MR) is 85.6 cm³/mol. The van der Waals surface area contributed by atoms with Crippen molar-refractivity contribution < 1.29 is 0 Å². The SMILES string of the molecule is CCN(Cc1cc(=O)n2ccsc2n1)C1CCCC1CN. The number of rotatable bonds is 5. The number of fused-ring (bicyclic) bond motifs is 1. The maximum Gasteiger partial charge on any atom is 0.258 e. The molecule has 0 radical (unpaired) electrons. The highest BCUT2D eigenvalue weighted by Crippen LogP contribution is 2.29. The van der Waals surface area contributed by atoms with Gasteiger partial charge in [-0.2, -0.15) is 0 Å². The van der Waals surface area contributed by atoms with Crippen LogP contribution in [0.3, 0.4) is 0 Å². The van der Waals surface area contributed by atoms with Crippen molar-refractivity contribution in [1.82, 2.24) is 14.3 Å². The second kappa shape index (κ2) is 6.25. The Morgan fingerprint density at radius 1 is 1.52 bits per heavy atom. The highest BCUT2D eigenvalue weighted by Gasteiger charge is 2.30. The van der Waals surface area contributed by atoms with Gasteiger partial charge < -0.3 is 5.73 Å². The Morgan fingerprint density at radius 3 is 3.14 bits per heavy atom. The molecule has 0 amide bonds. The molecule has 0 spiro atoms. The van der Waals surface area contributed by atoms with Crippen LogP contribution < -0.4 is 11.3 Å². The van der Waals surface area contributed by atoms with Gasteiger partial charge in [0.25, 0.3) is 5.56 Å². The molecule has 2 unspecified atom stereocenters. The molecule has 114 valence electrons. The van der Waals surface area contributed by atoms with Gasteiger partial charge in [0, 0.05) is 30.2 Å². The number of nitrogens with two attached hydrogens (primary N) is 1. The Balaban J connectivity index is 1.83. The van der Waals surface area contributed by atoms with Crippen LogP contribution in [0.4, 0.5) is 0 Å². The first-order valence-electron chi connectivity index (χ1n) is 7.62. The minimum atomic E-state index is 0.00843. The molecular formula is C15H22N4OS. The van der Waals surface area contributed by atoms with Crippen molar-refractivity contribution in [3.8, 4) is 0 Å². The summed E-state index contributed by atoms with van der Waals surface area (Å²) in [4.78, 5) is 19.9. The van der Waals surface area contributed by atoms with E-state index in [0.29, 0.717) is 12.0 Å². The minimum absolute atomic E-state index is 0.00843. The number of hydrogen-bond acceptors (Lipinski definition) is 5. The van der Waals surface area contributed by atoms with Gasteiger partial charge in [-0.25, -0.2) is 4.98 Å². The number of thiazole rings is 1. The van der Waals surface area contributed by atoms with Gasteiger partial charge in [0.05, 0.1) is 5.69 Å². The van der Waals surface area contributed by atoms with E-state index in [2.05, 4.69) is 16.8 Å². The van der Waals surface area contributed by atoms with Gasteiger partial charge in [0.2, 0.25) is 0 Å². The molecule has 3 rings (SSSR count). The summed E-state index contributed by atoms with van der Waals surface area (Å²) < 4.78 is 1.60. The van der Waals surface area contributed by atoms with Gasteiger partial charge >= 0.3 is 0 Å². The first kappa shape index (κ1) is 14.7. The molecule has 2 N–H and O–H groups in total. The van der Waals surface area contributed by atoms with E-state index in [1.54, 1.807) is 16.7 Å². The maximum absolute atomic E-state index is 12.1. The van der Waals surface area contributed by atoms with Crippen molar-refractivity contribution in [2.24, 2.45) is 11.7 Å². The molecule has 0 bridgehead atoms. The highest BCUT2D eigenvalue weighted by molar-refractivity contribution is 7.15. The Bertz CT molecular complexity index is 665. The maximum atomic E-state index is 12.1. The Labute approximate surface area is 128 Å². The van der Waals surface area contributed by atoms with Gasteiger partial charge in [-0.3, -0.25) is 14.1 Å². The first-order valence-corrected chi connectivity index (χ1v) is 8.50. The molecule has 1 aliphatic carbocycles. The fraction of sp³-hybridized carbons (Fsp3) is 0.600. The van der Waals surface area contributed by atoms with Crippen LogP contribution in [0.2, 0.25) is 0 Å². The molecule has 2 aromatic rings. The van der Waals surface area contributed by atoms with Crippen LogP contribution in [0.25, 0.3) is 4.96 Å². The van der Waals surface area contributed by atoms with Crippen LogP contribution in [0.1, 0.15) is 31.9 Å². The van der Waals surface area contributed by atoms with E-state index in [0.717, 1.165) is 30.3 Å². The van der Waals surface area contributed by atoms with E-state index in [1.165, 1.54) is 30.6 Å². The van der Waals surface area contributed by atoms with Crippen LogP contribution in [-0.2, 0) is 6.54 Å². The lowest BCUT2D eigenvalue weighted by atomic mass is 10.0. The monoisotopic (exact) mass is 306 g/mol. The summed E-state index contributed by atoms with van der Waals surface area (Å²) in [7, 11) is 0. The molecule has 2 heterocycles. The summed E-state index contributed by atoms with van der Waals surface area (Å²) >= 11 is 1.50. The zero-order chi connectivity index (χ0) is 14.8. The van der Waals surface area contributed by atoms with E-state index in [4.69, 9.17) is 5.73 Å². The molecule has 0 saturated heterocycles. The standard InChI is InChI=1S/C15H22N4OS/c1-2-18(13-5-3-4-11(13)9-16)10-12-8-14(20)19-6-7-21-15(19)17-12/h6-8,11,13H,2-5,9-10,16H2,1H3. The molecule has 21 heavy (non-hydrogen) atoms. The van der Waals surface area contributed by atoms with Crippen molar-refractivity contribution >= 4 is 16.3 Å². The van der Waals surface area contributed by atoms with Crippen LogP contribution >= 0.6 is 11.3 Å². The lowest BCUT2D eigenvalue weighted by molar-refractivity contribution is 0.160. The summed E-state index contributed by atoms with van der Waals surface area (Å²) in [6, 6.07) is 2.19. The smallest absolute Gasteiger partial charge is 0.258 e. The Kier molecular flexibility index (Phi) is 4.37. The molecule has 6 heteroatoms. The summed E-state index contributed by atoms with van der Waals surface area (Å²) in [5.74, 6) is 0.580. The van der Waals surface area contributed by atoms with Crippen molar-refractivity contribution in [1.29, 1.82) is 0 Å². The summed E-state index contributed by atoms with van der Waals surface area (Å²) in [6.07, 6.45) is 5.45. The average Bonchev–Trinajstić information content (AvgIpc) is 3.13. The van der Waals surface area contributed by atoms with Crippen LogP contribution in [0.15, 0.2) is 22.4 Å². The Morgan fingerprint density at radius 2 is 2.38 bits per heavy atom. The van der Waals surface area contributed by atoms with Crippen molar-refractivity contribution in [3.63, 3.8) is 0 Å². The van der Waals surface area contributed by atoms with Gasteiger partial charge in [-0.1, -0.05) is 13.3 Å². The largest absolute Gasteiger partial charge is 0.330 e. The first-order chi connectivity index (χ1) is 10.2. The quantitative estimate of drug-likeness (QED) is 0.913. The molecule has 2 aromatic heterocycles. The van der Waals surface area contributed by atoms with Crippen LogP contribution in [0.5, 0.6) is 0 Å². The lowest BCUT2D eigenvalue weighted by Gasteiger charge is -2.31. The van der Waals surface area contributed by atoms with E-state index >= 15 is 0 Å². The predicted octanol–water partition coefficient (Wildman–Crippen LogP) is 1.71. The fourth-order valence-electron chi connectivity index (χ4n) is 3.41. The van der Waals surface area contributed by atoms with Gasteiger partial charge in [0.15, 0.2) is 4.96 Å². The molecule has 5 nitrogen and oxygen atoms in total. The fourth-order valence-corrected chi connectivity index (χ4v) is 4.15. The van der Waals surface area contributed by atoms with Crippen molar-refractivity contribution in [2.75, 3.05) is 13.1 Å². The third-order valence-corrected chi connectivity index (χ3v) is 5.27. The van der Waals surface area contributed by atoms with Gasteiger partial charge in [-0.15, -0.1) is 11.3 Å². The molecule has 2 atom stereocenters. The van der Waals surface area contributed by atoms with Crippen LogP contribution in [-0.4, -0.2) is 33.4 Å². The van der Waals surface area contributed by atoms with E-state index in [-0.39, 0.29) is 5.56 Å². The number of nitrogens with zero attached hydrogens (tertiary/aromatic N) is 3. The Hall–Kier alpha value is -1.24. The van der Waals surface area contributed by atoms with E-state index in [9.17, 15) is 4.79 Å².